The van der Waals surface area contributed by atoms with E-state index in [-0.39, 0.29) is 0 Å². The first-order chi connectivity index (χ1) is 10.9. The zero-order valence-corrected chi connectivity index (χ0v) is 14.3. The van der Waals surface area contributed by atoms with Gasteiger partial charge >= 0.3 is 0 Å². The molecule has 0 bridgehead atoms. The van der Waals surface area contributed by atoms with Crippen molar-refractivity contribution in [3.05, 3.63) is 0 Å². The zero-order valence-electron chi connectivity index (χ0n) is 14.3. The Bertz CT molecular complexity index is 451. The molecule has 6 rings (SSSR count). The fraction of sp³-hybridized carbons (Fsp3) is 1.00. The Morgan fingerprint density at radius 2 is 0.955 bits per heavy atom. The topological polar surface area (TPSA) is 0 Å². The maximum absolute atomic E-state index is 1.68. The maximum Gasteiger partial charge on any atom is -0.0318 e. The molecule has 0 spiro atoms. The van der Waals surface area contributed by atoms with Gasteiger partial charge in [0.1, 0.15) is 0 Å². The number of hydrogen-bond donors (Lipinski definition) is 0. The summed E-state index contributed by atoms with van der Waals surface area (Å²) in [7, 11) is 0. The van der Waals surface area contributed by atoms with Gasteiger partial charge in [0.2, 0.25) is 0 Å². The Morgan fingerprint density at radius 3 is 1.77 bits per heavy atom. The van der Waals surface area contributed by atoms with Crippen LogP contribution in [0.3, 0.4) is 0 Å². The molecule has 0 saturated heterocycles. The Hall–Kier alpha value is 0. The summed E-state index contributed by atoms with van der Waals surface area (Å²) in [5, 5.41) is 0. The molecule has 0 heterocycles. The Kier molecular flexibility index (Phi) is 2.88. The number of fused-ring (bicyclic) bond motifs is 2. The lowest BCUT2D eigenvalue weighted by Crippen LogP contribution is -2.54. The number of hydrogen-bond acceptors (Lipinski definition) is 0. The summed E-state index contributed by atoms with van der Waals surface area (Å²) < 4.78 is 0. The minimum atomic E-state index is 1.17. The van der Waals surface area contributed by atoms with E-state index in [0.29, 0.717) is 0 Å². The Morgan fingerprint density at radius 1 is 0.364 bits per heavy atom. The molecule has 10 atom stereocenters. The SMILES string of the molecule is C1CC2CCC3C4CCCC5CCCC(C6CC(C1)C2C36)C54. The second kappa shape index (κ2) is 4.76. The van der Waals surface area contributed by atoms with Crippen molar-refractivity contribution in [2.45, 2.75) is 77.0 Å². The van der Waals surface area contributed by atoms with Gasteiger partial charge in [0.25, 0.3) is 0 Å². The molecule has 0 amide bonds. The minimum Gasteiger partial charge on any atom is -0.0528 e. The van der Waals surface area contributed by atoms with Crippen molar-refractivity contribution in [1.82, 2.24) is 0 Å². The summed E-state index contributed by atoms with van der Waals surface area (Å²) in [6.45, 7) is 0. The van der Waals surface area contributed by atoms with Gasteiger partial charge < -0.3 is 0 Å². The standard InChI is InChI=1S/C22H34/c1-4-14-10-11-18-16-8-2-5-13-6-3-9-17(21(13)16)19-12-15(7-1)20(14)22(18)19/h13-22H,1-12H2. The van der Waals surface area contributed by atoms with Crippen LogP contribution in [0, 0.1) is 59.2 Å². The van der Waals surface area contributed by atoms with Gasteiger partial charge in [-0.2, -0.15) is 0 Å². The quantitative estimate of drug-likeness (QED) is 0.521. The molecule has 122 valence electrons. The van der Waals surface area contributed by atoms with Crippen LogP contribution in [-0.4, -0.2) is 0 Å². The predicted octanol–water partition coefficient (Wildman–Crippen LogP) is 5.91. The van der Waals surface area contributed by atoms with E-state index in [1.807, 2.05) is 0 Å². The summed E-state index contributed by atoms with van der Waals surface area (Å²) in [5.41, 5.74) is 0. The molecule has 10 unspecified atom stereocenters. The zero-order chi connectivity index (χ0) is 14.3. The van der Waals surface area contributed by atoms with Crippen LogP contribution in [0.1, 0.15) is 77.0 Å². The average Bonchev–Trinajstić information content (AvgIpc) is 2.96. The van der Waals surface area contributed by atoms with Crippen LogP contribution in [-0.2, 0) is 0 Å². The smallest absolute Gasteiger partial charge is 0.0318 e. The normalized spacial score (nSPS) is 62.2. The molecule has 0 aromatic rings. The van der Waals surface area contributed by atoms with E-state index in [1.165, 1.54) is 59.2 Å². The van der Waals surface area contributed by atoms with E-state index < -0.39 is 0 Å². The van der Waals surface area contributed by atoms with E-state index in [0.717, 1.165) is 0 Å². The average molecular weight is 299 g/mol. The van der Waals surface area contributed by atoms with Gasteiger partial charge in [0.15, 0.2) is 0 Å². The lowest BCUT2D eigenvalue weighted by atomic mass is 9.45. The molecule has 0 N–H and O–H groups in total. The third-order valence-corrected chi connectivity index (χ3v) is 9.98. The number of rotatable bonds is 0. The molecule has 0 aromatic heterocycles. The molecule has 6 saturated carbocycles. The molecule has 0 aliphatic heterocycles. The monoisotopic (exact) mass is 298 g/mol. The van der Waals surface area contributed by atoms with Crippen LogP contribution in [0.4, 0.5) is 0 Å². The molecule has 0 nitrogen and oxygen atoms in total. The largest absolute Gasteiger partial charge is 0.0528 e. The highest BCUT2D eigenvalue weighted by Crippen LogP contribution is 2.69. The van der Waals surface area contributed by atoms with Gasteiger partial charge in [-0.1, -0.05) is 44.9 Å². The van der Waals surface area contributed by atoms with Crippen molar-refractivity contribution in [2.75, 3.05) is 0 Å². The van der Waals surface area contributed by atoms with Crippen LogP contribution < -0.4 is 0 Å². The molecular formula is C22H34. The van der Waals surface area contributed by atoms with Gasteiger partial charge in [-0.15, -0.1) is 0 Å². The molecular weight excluding hydrogens is 264 g/mol. The molecule has 0 heteroatoms. The highest BCUT2D eigenvalue weighted by molar-refractivity contribution is 5.11. The van der Waals surface area contributed by atoms with E-state index >= 15 is 0 Å². The van der Waals surface area contributed by atoms with Crippen molar-refractivity contribution < 1.29 is 0 Å². The second-order valence-corrected chi connectivity index (χ2v) is 10.3. The van der Waals surface area contributed by atoms with Gasteiger partial charge in [0.05, 0.1) is 0 Å². The predicted molar refractivity (Wildman–Crippen MR) is 90.3 cm³/mol. The Balaban J connectivity index is 1.43. The van der Waals surface area contributed by atoms with Crippen molar-refractivity contribution in [3.8, 4) is 0 Å². The Labute approximate surface area is 136 Å². The third-order valence-electron chi connectivity index (χ3n) is 9.98. The summed E-state index contributed by atoms with van der Waals surface area (Å²) in [6, 6.07) is 0. The van der Waals surface area contributed by atoms with Crippen molar-refractivity contribution in [1.29, 1.82) is 0 Å². The lowest BCUT2D eigenvalue weighted by molar-refractivity contribution is -0.116. The van der Waals surface area contributed by atoms with E-state index in [1.54, 1.807) is 77.0 Å². The van der Waals surface area contributed by atoms with E-state index in [4.69, 9.17) is 0 Å². The first-order valence-electron chi connectivity index (χ1n) is 10.9. The molecule has 0 aromatic carbocycles. The highest BCUT2D eigenvalue weighted by Gasteiger charge is 2.62. The van der Waals surface area contributed by atoms with E-state index in [9.17, 15) is 0 Å². The van der Waals surface area contributed by atoms with Crippen molar-refractivity contribution in [3.63, 3.8) is 0 Å². The molecule has 0 radical (unpaired) electrons. The van der Waals surface area contributed by atoms with Crippen LogP contribution in [0.25, 0.3) is 0 Å². The first kappa shape index (κ1) is 13.3. The van der Waals surface area contributed by atoms with Gasteiger partial charge in [0, 0.05) is 0 Å². The summed E-state index contributed by atoms with van der Waals surface area (Å²) in [5.74, 6) is 11.9. The maximum atomic E-state index is 1.68. The van der Waals surface area contributed by atoms with Crippen LogP contribution in [0.2, 0.25) is 0 Å². The minimum absolute atomic E-state index is 1.17. The van der Waals surface area contributed by atoms with Gasteiger partial charge in [-0.25, -0.2) is 0 Å². The van der Waals surface area contributed by atoms with Crippen LogP contribution >= 0.6 is 0 Å². The molecule has 6 fully saturated rings. The van der Waals surface area contributed by atoms with Gasteiger partial charge in [-0.05, 0) is 91.3 Å². The lowest BCUT2D eigenvalue weighted by Gasteiger charge is -2.60. The van der Waals surface area contributed by atoms with Crippen LogP contribution in [0.15, 0.2) is 0 Å². The van der Waals surface area contributed by atoms with Gasteiger partial charge in [-0.3, -0.25) is 0 Å². The van der Waals surface area contributed by atoms with Crippen LogP contribution in [0.5, 0.6) is 0 Å². The highest BCUT2D eigenvalue weighted by atomic mass is 14.7. The summed E-state index contributed by atoms with van der Waals surface area (Å²) in [4.78, 5) is 0. The molecule has 6 aliphatic carbocycles. The second-order valence-electron chi connectivity index (χ2n) is 10.3. The fourth-order valence-corrected chi connectivity index (χ4v) is 9.77. The third kappa shape index (κ3) is 1.61. The summed E-state index contributed by atoms with van der Waals surface area (Å²) in [6.07, 6.45) is 19.4. The summed E-state index contributed by atoms with van der Waals surface area (Å²) >= 11 is 0. The fourth-order valence-electron chi connectivity index (χ4n) is 9.77. The van der Waals surface area contributed by atoms with E-state index in [2.05, 4.69) is 0 Å². The van der Waals surface area contributed by atoms with Crippen molar-refractivity contribution in [2.24, 2.45) is 59.2 Å². The molecule has 6 aliphatic rings. The first-order valence-corrected chi connectivity index (χ1v) is 10.9. The molecule has 22 heavy (non-hydrogen) atoms. The van der Waals surface area contributed by atoms with Crippen molar-refractivity contribution >= 4 is 0 Å².